The van der Waals surface area contributed by atoms with Crippen LogP contribution in [0.5, 0.6) is 0 Å². The Morgan fingerprint density at radius 2 is 1.94 bits per heavy atom. The number of aliphatic hydroxyl groups is 1. The van der Waals surface area contributed by atoms with E-state index in [1.807, 2.05) is 0 Å². The average molecular weight is 236 g/mol. The van der Waals surface area contributed by atoms with Gasteiger partial charge in [0.05, 0.1) is 5.60 Å². The quantitative estimate of drug-likeness (QED) is 0.702. The first kappa shape index (κ1) is 11.7. The standard InChI is InChI=1S/C15H24O2/c1-9-5-6-15(17)13(2,3)11-7-10(9)14(15,4)8-12(11)16/h9-11,17H,5-8H2,1-4H3/t9-,10-,11-,14-,15+/m0/s1. The van der Waals surface area contributed by atoms with Gasteiger partial charge in [-0.15, -0.1) is 0 Å². The number of rotatable bonds is 0. The van der Waals surface area contributed by atoms with Gasteiger partial charge in [0, 0.05) is 23.2 Å². The first-order valence-corrected chi connectivity index (χ1v) is 6.99. The molecule has 0 unspecified atom stereocenters. The molecule has 17 heavy (non-hydrogen) atoms. The lowest BCUT2D eigenvalue weighted by atomic mass is 9.35. The van der Waals surface area contributed by atoms with Crippen molar-refractivity contribution in [2.24, 2.45) is 28.6 Å². The first-order valence-electron chi connectivity index (χ1n) is 6.99. The van der Waals surface area contributed by atoms with Crippen molar-refractivity contribution in [3.63, 3.8) is 0 Å². The lowest BCUT2D eigenvalue weighted by Crippen LogP contribution is -2.73. The molecule has 0 aromatic carbocycles. The summed E-state index contributed by atoms with van der Waals surface area (Å²) in [6.45, 7) is 8.69. The summed E-state index contributed by atoms with van der Waals surface area (Å²) in [5.41, 5.74) is -1.05. The Bertz CT molecular complexity index is 386. The van der Waals surface area contributed by atoms with E-state index in [1.54, 1.807) is 0 Å². The molecule has 0 aromatic rings. The van der Waals surface area contributed by atoms with Gasteiger partial charge in [0.15, 0.2) is 0 Å². The predicted octanol–water partition coefficient (Wildman–Crippen LogP) is 2.79. The fourth-order valence-electron chi connectivity index (χ4n) is 5.54. The predicted molar refractivity (Wildman–Crippen MR) is 66.5 cm³/mol. The number of hydrogen-bond donors (Lipinski definition) is 1. The van der Waals surface area contributed by atoms with E-state index >= 15 is 0 Å². The van der Waals surface area contributed by atoms with Crippen LogP contribution >= 0.6 is 0 Å². The third-order valence-electron chi connectivity index (χ3n) is 6.77. The highest BCUT2D eigenvalue weighted by Gasteiger charge is 2.72. The van der Waals surface area contributed by atoms with Gasteiger partial charge < -0.3 is 5.11 Å². The smallest absolute Gasteiger partial charge is 0.137 e. The Hall–Kier alpha value is -0.370. The van der Waals surface area contributed by atoms with Crippen LogP contribution in [0.15, 0.2) is 0 Å². The average Bonchev–Trinajstić information content (AvgIpc) is 2.21. The van der Waals surface area contributed by atoms with Gasteiger partial charge in [-0.25, -0.2) is 0 Å². The summed E-state index contributed by atoms with van der Waals surface area (Å²) in [7, 11) is 0. The van der Waals surface area contributed by atoms with Gasteiger partial charge in [-0.1, -0.05) is 27.7 Å². The second-order valence-electron chi connectivity index (χ2n) is 7.55. The Morgan fingerprint density at radius 3 is 2.59 bits per heavy atom. The van der Waals surface area contributed by atoms with E-state index in [4.69, 9.17) is 0 Å². The van der Waals surface area contributed by atoms with E-state index in [0.29, 0.717) is 24.0 Å². The number of Topliss-reactive ketones (excluding diaryl/α,β-unsaturated/α-hetero) is 1. The number of carbonyl (C=O) groups excluding carboxylic acids is 1. The molecule has 4 bridgehead atoms. The van der Waals surface area contributed by atoms with Crippen molar-refractivity contribution in [3.05, 3.63) is 0 Å². The van der Waals surface area contributed by atoms with Gasteiger partial charge in [-0.2, -0.15) is 0 Å². The highest BCUT2D eigenvalue weighted by atomic mass is 16.3. The Morgan fingerprint density at radius 1 is 1.29 bits per heavy atom. The summed E-state index contributed by atoms with van der Waals surface area (Å²) < 4.78 is 0. The molecule has 0 radical (unpaired) electrons. The zero-order valence-electron chi connectivity index (χ0n) is 11.4. The third kappa shape index (κ3) is 1.05. The minimum atomic E-state index is -0.631. The third-order valence-corrected chi connectivity index (χ3v) is 6.77. The van der Waals surface area contributed by atoms with Crippen molar-refractivity contribution in [2.75, 3.05) is 0 Å². The maximum Gasteiger partial charge on any atom is 0.137 e. The molecule has 0 aromatic heterocycles. The van der Waals surface area contributed by atoms with Crippen molar-refractivity contribution >= 4 is 5.78 Å². The van der Waals surface area contributed by atoms with Gasteiger partial charge in [-0.05, 0) is 31.1 Å². The molecule has 0 amide bonds. The van der Waals surface area contributed by atoms with Gasteiger partial charge in [0.1, 0.15) is 5.78 Å². The molecular weight excluding hydrogens is 212 g/mol. The van der Waals surface area contributed by atoms with Crippen LogP contribution in [-0.2, 0) is 4.79 Å². The Balaban J connectivity index is 2.18. The van der Waals surface area contributed by atoms with E-state index in [-0.39, 0.29) is 16.7 Å². The van der Waals surface area contributed by atoms with Gasteiger partial charge >= 0.3 is 0 Å². The number of ketones is 1. The lowest BCUT2D eigenvalue weighted by molar-refractivity contribution is -0.277. The van der Waals surface area contributed by atoms with Crippen molar-refractivity contribution in [3.8, 4) is 0 Å². The van der Waals surface area contributed by atoms with E-state index < -0.39 is 5.60 Å². The maximum atomic E-state index is 12.2. The molecule has 2 heteroatoms. The molecule has 2 nitrogen and oxygen atoms in total. The molecule has 1 N–H and O–H groups in total. The molecular formula is C15H24O2. The Labute approximate surface area is 104 Å². The van der Waals surface area contributed by atoms with Crippen LogP contribution < -0.4 is 0 Å². The molecule has 0 heterocycles. The van der Waals surface area contributed by atoms with E-state index in [2.05, 4.69) is 27.7 Å². The number of fused-ring (bicyclic) bond motifs is 1. The summed E-state index contributed by atoms with van der Waals surface area (Å²) >= 11 is 0. The molecule has 0 aliphatic heterocycles. The fraction of sp³-hybridized carbons (Fsp3) is 0.933. The molecule has 4 aliphatic carbocycles. The maximum absolute atomic E-state index is 12.2. The van der Waals surface area contributed by atoms with Crippen molar-refractivity contribution in [1.82, 2.24) is 0 Å². The molecule has 4 saturated carbocycles. The molecule has 4 aliphatic rings. The van der Waals surface area contributed by atoms with Gasteiger partial charge in [0.2, 0.25) is 0 Å². The summed E-state index contributed by atoms with van der Waals surface area (Å²) in [5, 5.41) is 11.3. The number of carbonyl (C=O) groups is 1. The van der Waals surface area contributed by atoms with Crippen LogP contribution in [-0.4, -0.2) is 16.5 Å². The zero-order valence-corrected chi connectivity index (χ0v) is 11.4. The minimum absolute atomic E-state index is 0.0853. The van der Waals surface area contributed by atoms with Crippen LogP contribution in [0, 0.1) is 28.6 Å². The summed E-state index contributed by atoms with van der Waals surface area (Å²) in [6, 6.07) is 0. The lowest BCUT2D eigenvalue weighted by Gasteiger charge is -2.70. The molecule has 0 saturated heterocycles. The van der Waals surface area contributed by atoms with Crippen LogP contribution in [0.3, 0.4) is 0 Å². The zero-order chi connectivity index (χ0) is 12.6. The normalized spacial score (nSPS) is 56.1. The summed E-state index contributed by atoms with van der Waals surface area (Å²) in [4.78, 5) is 12.2. The molecule has 0 spiro atoms. The summed E-state index contributed by atoms with van der Waals surface area (Å²) in [6.07, 6.45) is 3.59. The second-order valence-corrected chi connectivity index (χ2v) is 7.55. The molecule has 4 rings (SSSR count). The van der Waals surface area contributed by atoms with Crippen molar-refractivity contribution < 1.29 is 9.90 Å². The second kappa shape index (κ2) is 2.96. The summed E-state index contributed by atoms with van der Waals surface area (Å²) in [5.74, 6) is 1.68. The minimum Gasteiger partial charge on any atom is -0.389 e. The monoisotopic (exact) mass is 236 g/mol. The highest BCUT2D eigenvalue weighted by Crippen LogP contribution is 2.70. The van der Waals surface area contributed by atoms with E-state index in [1.165, 1.54) is 0 Å². The number of hydrogen-bond acceptors (Lipinski definition) is 2. The largest absolute Gasteiger partial charge is 0.389 e. The van der Waals surface area contributed by atoms with Crippen LogP contribution in [0.4, 0.5) is 0 Å². The van der Waals surface area contributed by atoms with Crippen LogP contribution in [0.25, 0.3) is 0 Å². The highest BCUT2D eigenvalue weighted by molar-refractivity contribution is 5.85. The van der Waals surface area contributed by atoms with Crippen LogP contribution in [0.1, 0.15) is 53.4 Å². The van der Waals surface area contributed by atoms with E-state index in [9.17, 15) is 9.90 Å². The molecule has 96 valence electrons. The SMILES string of the molecule is C[C@H]1CC[C@@]2(O)C(C)(C)[C@H]3C[C@@H]1[C@]2(C)CC3=O. The molecule has 4 fully saturated rings. The van der Waals surface area contributed by atoms with Gasteiger partial charge in [0.25, 0.3) is 0 Å². The van der Waals surface area contributed by atoms with Gasteiger partial charge in [-0.3, -0.25) is 4.79 Å². The van der Waals surface area contributed by atoms with E-state index in [0.717, 1.165) is 19.3 Å². The molecule has 5 atom stereocenters. The van der Waals surface area contributed by atoms with Crippen LogP contribution in [0.2, 0.25) is 0 Å². The fourth-order valence-corrected chi connectivity index (χ4v) is 5.54. The van der Waals surface area contributed by atoms with Crippen molar-refractivity contribution in [2.45, 2.75) is 59.0 Å². The Kier molecular flexibility index (Phi) is 2.04. The topological polar surface area (TPSA) is 37.3 Å². The first-order chi connectivity index (χ1) is 7.74. The van der Waals surface area contributed by atoms with Crippen molar-refractivity contribution in [1.29, 1.82) is 0 Å².